The van der Waals surface area contributed by atoms with Crippen LogP contribution in [-0.4, -0.2) is 26.9 Å². The SMILES string of the molecule is CC[C@@H](C)NC(=O)CCc1ccc(S(=O)(=O)NCC(C)C)cc1. The van der Waals surface area contributed by atoms with Crippen molar-refractivity contribution >= 4 is 15.9 Å². The van der Waals surface area contributed by atoms with Crippen molar-refractivity contribution in [2.75, 3.05) is 6.54 Å². The Bertz CT molecular complexity index is 595. The van der Waals surface area contributed by atoms with Crippen LogP contribution in [-0.2, 0) is 21.2 Å². The number of amides is 1. The van der Waals surface area contributed by atoms with E-state index in [1.54, 1.807) is 24.3 Å². The summed E-state index contributed by atoms with van der Waals surface area (Å²) in [5.41, 5.74) is 0.951. The summed E-state index contributed by atoms with van der Waals surface area (Å²) in [6.07, 6.45) is 1.91. The summed E-state index contributed by atoms with van der Waals surface area (Å²) in [6.45, 7) is 8.32. The van der Waals surface area contributed by atoms with Crippen molar-refractivity contribution in [3.8, 4) is 0 Å². The van der Waals surface area contributed by atoms with Gasteiger partial charge in [-0.05, 0) is 43.4 Å². The van der Waals surface area contributed by atoms with Crippen molar-refractivity contribution in [3.05, 3.63) is 29.8 Å². The average molecular weight is 340 g/mol. The van der Waals surface area contributed by atoms with E-state index in [4.69, 9.17) is 0 Å². The molecule has 0 fully saturated rings. The third-order valence-electron chi connectivity index (χ3n) is 3.58. The summed E-state index contributed by atoms with van der Waals surface area (Å²) in [7, 11) is -3.45. The Balaban J connectivity index is 2.58. The van der Waals surface area contributed by atoms with Crippen LogP contribution in [0.1, 0.15) is 46.1 Å². The Kier molecular flexibility index (Phi) is 7.72. The fourth-order valence-corrected chi connectivity index (χ4v) is 3.12. The molecule has 23 heavy (non-hydrogen) atoms. The molecule has 0 aromatic heterocycles. The second-order valence-corrected chi connectivity index (χ2v) is 8.03. The van der Waals surface area contributed by atoms with Crippen LogP contribution in [0.2, 0.25) is 0 Å². The summed E-state index contributed by atoms with van der Waals surface area (Å²) in [4.78, 5) is 12.0. The molecule has 0 radical (unpaired) electrons. The number of carbonyl (C=O) groups excluding carboxylic acids is 1. The number of benzene rings is 1. The van der Waals surface area contributed by atoms with Crippen LogP contribution in [0, 0.1) is 5.92 Å². The summed E-state index contributed by atoms with van der Waals surface area (Å²) < 4.78 is 26.8. The molecule has 0 saturated carbocycles. The lowest BCUT2D eigenvalue weighted by Gasteiger charge is -2.11. The number of hydrogen-bond acceptors (Lipinski definition) is 3. The maximum absolute atomic E-state index is 12.1. The van der Waals surface area contributed by atoms with Crippen LogP contribution in [0.15, 0.2) is 29.2 Å². The van der Waals surface area contributed by atoms with Crippen molar-refractivity contribution in [1.82, 2.24) is 10.0 Å². The van der Waals surface area contributed by atoms with Gasteiger partial charge in [-0.3, -0.25) is 4.79 Å². The predicted molar refractivity (Wildman–Crippen MR) is 92.7 cm³/mol. The minimum Gasteiger partial charge on any atom is -0.354 e. The first-order chi connectivity index (χ1) is 10.7. The minimum absolute atomic E-state index is 0.0228. The molecule has 0 aliphatic carbocycles. The molecule has 0 spiro atoms. The summed E-state index contributed by atoms with van der Waals surface area (Å²) >= 11 is 0. The zero-order chi connectivity index (χ0) is 17.5. The van der Waals surface area contributed by atoms with E-state index >= 15 is 0 Å². The van der Waals surface area contributed by atoms with Crippen LogP contribution in [0.4, 0.5) is 0 Å². The van der Waals surface area contributed by atoms with Gasteiger partial charge in [0.1, 0.15) is 0 Å². The van der Waals surface area contributed by atoms with Gasteiger partial charge in [-0.1, -0.05) is 32.9 Å². The minimum atomic E-state index is -3.45. The van der Waals surface area contributed by atoms with Crippen molar-refractivity contribution in [1.29, 1.82) is 0 Å². The highest BCUT2D eigenvalue weighted by molar-refractivity contribution is 7.89. The molecule has 6 heteroatoms. The van der Waals surface area contributed by atoms with E-state index in [0.29, 0.717) is 19.4 Å². The molecular formula is C17H28N2O3S. The number of rotatable bonds is 9. The standard InChI is InChI=1S/C17H28N2O3S/c1-5-14(4)19-17(20)11-8-15-6-9-16(10-7-15)23(21,22)18-12-13(2)3/h6-7,9-10,13-14,18H,5,8,11-12H2,1-4H3,(H,19,20)/t14-/m1/s1. The van der Waals surface area contributed by atoms with E-state index in [0.717, 1.165) is 12.0 Å². The Morgan fingerprint density at radius 1 is 1.13 bits per heavy atom. The molecule has 5 nitrogen and oxygen atoms in total. The number of sulfonamides is 1. The second kappa shape index (κ2) is 9.03. The first-order valence-corrected chi connectivity index (χ1v) is 9.61. The zero-order valence-corrected chi connectivity index (χ0v) is 15.2. The van der Waals surface area contributed by atoms with Crippen LogP contribution < -0.4 is 10.0 Å². The highest BCUT2D eigenvalue weighted by atomic mass is 32.2. The van der Waals surface area contributed by atoms with Crippen LogP contribution in [0.5, 0.6) is 0 Å². The number of aryl methyl sites for hydroxylation is 1. The molecule has 0 heterocycles. The van der Waals surface area contributed by atoms with Gasteiger partial charge in [-0.15, -0.1) is 0 Å². The first-order valence-electron chi connectivity index (χ1n) is 8.12. The van der Waals surface area contributed by atoms with Crippen LogP contribution in [0.3, 0.4) is 0 Å². The molecule has 0 aliphatic heterocycles. The van der Waals surface area contributed by atoms with Gasteiger partial charge in [0, 0.05) is 19.0 Å². The van der Waals surface area contributed by atoms with Crippen molar-refractivity contribution in [2.45, 2.75) is 57.9 Å². The molecule has 130 valence electrons. The third-order valence-corrected chi connectivity index (χ3v) is 5.02. The maximum Gasteiger partial charge on any atom is 0.240 e. The molecule has 2 N–H and O–H groups in total. The Hall–Kier alpha value is -1.40. The van der Waals surface area contributed by atoms with Crippen molar-refractivity contribution < 1.29 is 13.2 Å². The molecule has 1 amide bonds. The fraction of sp³-hybridized carbons (Fsp3) is 0.588. The van der Waals surface area contributed by atoms with E-state index < -0.39 is 10.0 Å². The molecular weight excluding hydrogens is 312 g/mol. The second-order valence-electron chi connectivity index (χ2n) is 6.27. The highest BCUT2D eigenvalue weighted by Crippen LogP contribution is 2.12. The lowest BCUT2D eigenvalue weighted by molar-refractivity contribution is -0.121. The largest absolute Gasteiger partial charge is 0.354 e. The Morgan fingerprint density at radius 2 is 1.74 bits per heavy atom. The smallest absolute Gasteiger partial charge is 0.240 e. The van der Waals surface area contributed by atoms with Crippen LogP contribution >= 0.6 is 0 Å². The summed E-state index contributed by atoms with van der Waals surface area (Å²) in [5, 5.41) is 2.92. The third kappa shape index (κ3) is 7.14. The first kappa shape index (κ1) is 19.6. The molecule has 1 atom stereocenters. The van der Waals surface area contributed by atoms with E-state index in [2.05, 4.69) is 10.0 Å². The van der Waals surface area contributed by atoms with Gasteiger partial charge in [0.15, 0.2) is 0 Å². The maximum atomic E-state index is 12.1. The van der Waals surface area contributed by atoms with E-state index in [9.17, 15) is 13.2 Å². The Labute approximate surface area is 139 Å². The number of nitrogens with one attached hydrogen (secondary N) is 2. The lowest BCUT2D eigenvalue weighted by atomic mass is 10.1. The molecule has 0 saturated heterocycles. The van der Waals surface area contributed by atoms with Gasteiger partial charge >= 0.3 is 0 Å². The van der Waals surface area contributed by atoms with Gasteiger partial charge in [-0.2, -0.15) is 0 Å². The molecule has 0 aliphatic rings. The van der Waals surface area contributed by atoms with Crippen molar-refractivity contribution in [2.24, 2.45) is 5.92 Å². The summed E-state index contributed by atoms with van der Waals surface area (Å²) in [5.74, 6) is 0.280. The molecule has 1 aromatic rings. The van der Waals surface area contributed by atoms with Gasteiger partial charge in [-0.25, -0.2) is 13.1 Å². The molecule has 1 aromatic carbocycles. The number of carbonyl (C=O) groups is 1. The monoisotopic (exact) mass is 340 g/mol. The quantitative estimate of drug-likeness (QED) is 0.725. The van der Waals surface area contributed by atoms with Gasteiger partial charge in [0.25, 0.3) is 0 Å². The van der Waals surface area contributed by atoms with Crippen molar-refractivity contribution in [3.63, 3.8) is 0 Å². The van der Waals surface area contributed by atoms with E-state index in [1.165, 1.54) is 0 Å². The predicted octanol–water partition coefficient (Wildman–Crippen LogP) is 2.47. The zero-order valence-electron chi connectivity index (χ0n) is 14.4. The number of hydrogen-bond donors (Lipinski definition) is 2. The van der Waals surface area contributed by atoms with Gasteiger partial charge in [0.2, 0.25) is 15.9 Å². The average Bonchev–Trinajstić information content (AvgIpc) is 2.51. The highest BCUT2D eigenvalue weighted by Gasteiger charge is 2.14. The van der Waals surface area contributed by atoms with Gasteiger partial charge in [0.05, 0.1) is 4.90 Å². The van der Waals surface area contributed by atoms with Crippen LogP contribution in [0.25, 0.3) is 0 Å². The normalized spacial score (nSPS) is 13.1. The summed E-state index contributed by atoms with van der Waals surface area (Å²) in [6, 6.07) is 6.89. The fourth-order valence-electron chi connectivity index (χ4n) is 1.90. The van der Waals surface area contributed by atoms with E-state index in [-0.39, 0.29) is 22.8 Å². The molecule has 0 bridgehead atoms. The molecule has 1 rings (SSSR count). The topological polar surface area (TPSA) is 75.3 Å². The van der Waals surface area contributed by atoms with E-state index in [1.807, 2.05) is 27.7 Å². The Morgan fingerprint density at radius 3 is 2.26 bits per heavy atom. The molecule has 0 unspecified atom stereocenters. The van der Waals surface area contributed by atoms with Gasteiger partial charge < -0.3 is 5.32 Å². The lowest BCUT2D eigenvalue weighted by Crippen LogP contribution is -2.32.